The van der Waals surface area contributed by atoms with Crippen molar-refractivity contribution in [3.63, 3.8) is 0 Å². The summed E-state index contributed by atoms with van der Waals surface area (Å²) in [5.41, 5.74) is 1.45. The number of pyridine rings is 1. The van der Waals surface area contributed by atoms with E-state index in [1.807, 2.05) is 0 Å². The Morgan fingerprint density at radius 1 is 1.39 bits per heavy atom. The maximum Gasteiger partial charge on any atom is 0.355 e. The van der Waals surface area contributed by atoms with Crippen molar-refractivity contribution >= 4 is 46.6 Å². The molecule has 0 aliphatic carbocycles. The normalized spacial score (nSPS) is 20.9. The van der Waals surface area contributed by atoms with Crippen LogP contribution >= 0.6 is 11.8 Å². The molecule has 0 aromatic carbocycles. The summed E-state index contributed by atoms with van der Waals surface area (Å²) in [6.07, 6.45) is 3.30. The van der Waals surface area contributed by atoms with Crippen molar-refractivity contribution in [1.29, 1.82) is 0 Å². The fourth-order valence-corrected chi connectivity index (χ4v) is 4.70. The molecule has 2 aliphatic heterocycles. The molecule has 0 saturated carbocycles. The molecule has 0 spiro atoms. The Labute approximate surface area is 182 Å². The Morgan fingerprint density at radius 2 is 2.16 bits per heavy atom. The summed E-state index contributed by atoms with van der Waals surface area (Å²) in [6, 6.07) is 1.21. The third-order valence-corrected chi connectivity index (χ3v) is 6.00. The van der Waals surface area contributed by atoms with Crippen molar-refractivity contribution in [1.82, 2.24) is 19.9 Å². The van der Waals surface area contributed by atoms with Gasteiger partial charge in [-0.05, 0) is 26.8 Å². The van der Waals surface area contributed by atoms with E-state index in [1.54, 1.807) is 39.2 Å². The highest BCUT2D eigenvalue weighted by Crippen LogP contribution is 2.42. The Balaban J connectivity index is 1.57. The number of β-lactam (4-membered cyclic amide) rings is 1. The van der Waals surface area contributed by atoms with Crippen LogP contribution in [-0.2, 0) is 23.9 Å². The zero-order chi connectivity index (χ0) is 22.3. The zero-order valence-corrected chi connectivity index (χ0v) is 18.4. The van der Waals surface area contributed by atoms with E-state index in [0.717, 1.165) is 11.0 Å². The average Bonchev–Trinajstić information content (AvgIpc) is 3.11. The minimum atomic E-state index is -0.732. The fraction of sp³-hybridized carbons (Fsp3) is 0.450. The number of imidazole rings is 1. The molecule has 1 fully saturated rings. The van der Waals surface area contributed by atoms with Gasteiger partial charge in [0.2, 0.25) is 5.95 Å². The molecule has 164 valence electrons. The number of carbonyl (C=O) groups is 3. The van der Waals surface area contributed by atoms with Crippen LogP contribution < -0.4 is 5.32 Å². The lowest BCUT2D eigenvalue weighted by molar-refractivity contribution is -0.157. The van der Waals surface area contributed by atoms with Crippen LogP contribution in [-0.4, -0.2) is 67.1 Å². The monoisotopic (exact) mass is 445 g/mol. The second kappa shape index (κ2) is 7.88. The number of fused-ring (bicyclic) bond motifs is 2. The second-order valence-corrected chi connectivity index (χ2v) is 9.35. The number of ether oxygens (including phenoxy) is 2. The number of hydrogen-bond acceptors (Lipinski definition) is 9. The zero-order valence-electron chi connectivity index (χ0n) is 17.6. The highest BCUT2D eigenvalue weighted by atomic mass is 32.2. The van der Waals surface area contributed by atoms with E-state index >= 15 is 0 Å². The van der Waals surface area contributed by atoms with Gasteiger partial charge in [0.05, 0.1) is 17.2 Å². The smallest absolute Gasteiger partial charge is 0.355 e. The van der Waals surface area contributed by atoms with E-state index in [-0.39, 0.29) is 23.6 Å². The van der Waals surface area contributed by atoms with Gasteiger partial charge in [0, 0.05) is 24.4 Å². The molecule has 31 heavy (non-hydrogen) atoms. The van der Waals surface area contributed by atoms with Crippen LogP contribution in [0.1, 0.15) is 27.7 Å². The molecular weight excluding hydrogens is 422 g/mol. The summed E-state index contributed by atoms with van der Waals surface area (Å²) >= 11 is 1.48. The van der Waals surface area contributed by atoms with Gasteiger partial charge in [-0.3, -0.25) is 19.5 Å². The number of carbonyl (C=O) groups excluding carboxylic acids is 3. The van der Waals surface area contributed by atoms with E-state index in [1.165, 1.54) is 23.6 Å². The third-order valence-electron chi connectivity index (χ3n) is 4.66. The Kier molecular flexibility index (Phi) is 5.38. The van der Waals surface area contributed by atoms with Crippen molar-refractivity contribution in [2.24, 2.45) is 0 Å². The highest BCUT2D eigenvalue weighted by Gasteiger charge is 2.54. The minimum absolute atomic E-state index is 0.0674. The number of amides is 1. The topological polar surface area (TPSA) is 127 Å². The number of rotatable bonds is 5. The minimum Gasteiger partial charge on any atom is -0.461 e. The van der Waals surface area contributed by atoms with Crippen LogP contribution in [0, 0.1) is 0 Å². The SMILES string of the molecule is CC(=O)OCC1=C(C(=O)OC(C)(C)C)N2C(=O)[C@@H](Nc3nc4ccncc4[nH]3)C2SC1. The molecule has 4 heterocycles. The lowest BCUT2D eigenvalue weighted by atomic mass is 10.0. The first kappa shape index (κ1) is 21.2. The van der Waals surface area contributed by atoms with Gasteiger partial charge in [-0.2, -0.15) is 0 Å². The molecule has 2 N–H and O–H groups in total. The van der Waals surface area contributed by atoms with E-state index < -0.39 is 23.6 Å². The van der Waals surface area contributed by atoms with Gasteiger partial charge in [-0.15, -0.1) is 11.8 Å². The summed E-state index contributed by atoms with van der Waals surface area (Å²) in [5.74, 6) is -0.468. The molecule has 4 rings (SSSR count). The first-order chi connectivity index (χ1) is 14.6. The van der Waals surface area contributed by atoms with Gasteiger partial charge in [-0.1, -0.05) is 0 Å². The fourth-order valence-electron chi connectivity index (χ4n) is 3.37. The molecule has 2 aromatic heterocycles. The number of nitrogens with one attached hydrogen (secondary N) is 2. The number of nitrogens with zero attached hydrogens (tertiary/aromatic N) is 3. The maximum absolute atomic E-state index is 13.0. The van der Waals surface area contributed by atoms with Crippen LogP contribution in [0.2, 0.25) is 0 Å². The molecule has 0 bridgehead atoms. The van der Waals surface area contributed by atoms with Gasteiger partial charge in [0.1, 0.15) is 29.3 Å². The van der Waals surface area contributed by atoms with Crippen LogP contribution in [0.25, 0.3) is 11.0 Å². The maximum atomic E-state index is 13.0. The highest BCUT2D eigenvalue weighted by molar-refractivity contribution is 8.00. The molecule has 1 amide bonds. The first-order valence-corrected chi connectivity index (χ1v) is 10.8. The predicted molar refractivity (Wildman–Crippen MR) is 114 cm³/mol. The number of hydrogen-bond donors (Lipinski definition) is 2. The van der Waals surface area contributed by atoms with E-state index in [4.69, 9.17) is 9.47 Å². The van der Waals surface area contributed by atoms with Crippen LogP contribution in [0.4, 0.5) is 5.95 Å². The molecule has 0 radical (unpaired) electrons. The number of thioether (sulfide) groups is 1. The van der Waals surface area contributed by atoms with E-state index in [0.29, 0.717) is 17.3 Å². The van der Waals surface area contributed by atoms with E-state index in [2.05, 4.69) is 20.3 Å². The van der Waals surface area contributed by atoms with Gasteiger partial charge in [0.15, 0.2) is 0 Å². The number of aromatic amines is 1. The lowest BCUT2D eigenvalue weighted by Crippen LogP contribution is -2.68. The lowest BCUT2D eigenvalue weighted by Gasteiger charge is -2.49. The van der Waals surface area contributed by atoms with Crippen molar-refractivity contribution in [2.45, 2.75) is 44.7 Å². The van der Waals surface area contributed by atoms with Crippen molar-refractivity contribution in [2.75, 3.05) is 17.7 Å². The van der Waals surface area contributed by atoms with Crippen molar-refractivity contribution < 1.29 is 23.9 Å². The summed E-state index contributed by atoms with van der Waals surface area (Å²) in [4.78, 5) is 50.2. The number of H-pyrrole nitrogens is 1. The average molecular weight is 446 g/mol. The molecule has 11 heteroatoms. The van der Waals surface area contributed by atoms with Crippen molar-refractivity contribution in [3.05, 3.63) is 29.7 Å². The van der Waals surface area contributed by atoms with Crippen molar-refractivity contribution in [3.8, 4) is 0 Å². The largest absolute Gasteiger partial charge is 0.461 e. The Hall–Kier alpha value is -3.08. The standard InChI is InChI=1S/C20H23N5O5S/c1-10(26)29-8-11-9-31-17-14(24-19-22-12-5-6-21-7-13(12)23-19)16(27)25(17)15(11)18(28)30-20(2,3)4/h5-7,14,17H,8-9H2,1-4H3,(H2,22,23,24)/t14-,17?/m1/s1. The molecule has 2 aromatic rings. The van der Waals surface area contributed by atoms with Gasteiger partial charge >= 0.3 is 11.9 Å². The first-order valence-electron chi connectivity index (χ1n) is 9.74. The second-order valence-electron chi connectivity index (χ2n) is 8.24. The summed E-state index contributed by atoms with van der Waals surface area (Å²) < 4.78 is 10.6. The molecule has 2 atom stereocenters. The molecule has 1 saturated heterocycles. The quantitative estimate of drug-likeness (QED) is 0.523. The van der Waals surface area contributed by atoms with Crippen LogP contribution in [0.5, 0.6) is 0 Å². The van der Waals surface area contributed by atoms with Gasteiger partial charge < -0.3 is 19.8 Å². The predicted octanol–water partition coefficient (Wildman–Crippen LogP) is 1.81. The number of aromatic nitrogens is 3. The molecule has 10 nitrogen and oxygen atoms in total. The third kappa shape index (κ3) is 4.22. The summed E-state index contributed by atoms with van der Waals surface area (Å²) in [5, 5.41) is 2.81. The number of anilines is 1. The summed E-state index contributed by atoms with van der Waals surface area (Å²) in [7, 11) is 0. The molecule has 1 unspecified atom stereocenters. The Bertz CT molecular complexity index is 1060. The van der Waals surface area contributed by atoms with Crippen LogP contribution in [0.15, 0.2) is 29.7 Å². The van der Waals surface area contributed by atoms with Gasteiger partial charge in [-0.25, -0.2) is 9.78 Å². The van der Waals surface area contributed by atoms with Gasteiger partial charge in [0.25, 0.3) is 5.91 Å². The van der Waals surface area contributed by atoms with Crippen LogP contribution in [0.3, 0.4) is 0 Å². The number of esters is 2. The summed E-state index contributed by atoms with van der Waals surface area (Å²) in [6.45, 7) is 6.49. The molecule has 2 aliphatic rings. The van der Waals surface area contributed by atoms with E-state index in [9.17, 15) is 14.4 Å². The Morgan fingerprint density at radius 3 is 2.84 bits per heavy atom. The molecular formula is C20H23N5O5S.